The summed E-state index contributed by atoms with van der Waals surface area (Å²) < 4.78 is 0. The van der Waals surface area contributed by atoms with Crippen LogP contribution in [0.25, 0.3) is 0 Å². The molecule has 0 spiro atoms. The van der Waals surface area contributed by atoms with Gasteiger partial charge in [-0.05, 0) is 6.92 Å². The Morgan fingerprint density at radius 3 is 1.83 bits per heavy atom. The minimum absolute atomic E-state index is 0. The summed E-state index contributed by atoms with van der Waals surface area (Å²) in [5.74, 6) is 0.543. The van der Waals surface area contributed by atoms with Crippen molar-refractivity contribution in [2.24, 2.45) is 0 Å². The molecular formula is C3H6Cl2Ti. The van der Waals surface area contributed by atoms with E-state index in [1.165, 1.54) is 0 Å². The summed E-state index contributed by atoms with van der Waals surface area (Å²) >= 11 is 10.5. The third kappa shape index (κ3) is 9.00. The number of hydrogen-bond donors (Lipinski definition) is 0. The van der Waals surface area contributed by atoms with Crippen molar-refractivity contribution in [3.63, 3.8) is 0 Å². The molecule has 0 saturated heterocycles. The Morgan fingerprint density at radius 2 is 1.83 bits per heavy atom. The molecule has 0 fully saturated rings. The first-order valence-corrected chi connectivity index (χ1v) is 2.44. The van der Waals surface area contributed by atoms with Crippen LogP contribution in [0.5, 0.6) is 0 Å². The molecule has 0 bridgehead atoms. The van der Waals surface area contributed by atoms with Crippen molar-refractivity contribution in [2.45, 2.75) is 12.3 Å². The fraction of sp³-hybridized carbons (Fsp3) is 1.00. The van der Waals surface area contributed by atoms with Crippen molar-refractivity contribution in [3.8, 4) is 0 Å². The molecule has 0 aromatic rings. The zero-order valence-corrected chi connectivity index (χ0v) is 6.61. The van der Waals surface area contributed by atoms with Crippen LogP contribution >= 0.6 is 23.2 Å². The average Bonchev–Trinajstić information content (AvgIpc) is 1.38. The van der Waals surface area contributed by atoms with Gasteiger partial charge in [-0.3, -0.25) is 0 Å². The summed E-state index contributed by atoms with van der Waals surface area (Å²) in [5.41, 5.74) is 0. The molecular weight excluding hydrogens is 155 g/mol. The zero-order valence-electron chi connectivity index (χ0n) is 3.54. The van der Waals surface area contributed by atoms with Gasteiger partial charge in [0.2, 0.25) is 0 Å². The quantitative estimate of drug-likeness (QED) is 0.406. The van der Waals surface area contributed by atoms with Crippen molar-refractivity contribution in [2.75, 3.05) is 5.88 Å². The van der Waals surface area contributed by atoms with E-state index in [1.54, 1.807) is 0 Å². The smallest absolute Gasteiger partial charge is 0.0443 e. The van der Waals surface area contributed by atoms with E-state index in [2.05, 4.69) is 0 Å². The number of rotatable bonds is 1. The Bertz CT molecular complexity index is 22.8. The molecule has 0 nitrogen and oxygen atoms in total. The molecule has 0 saturated carbocycles. The summed E-state index contributed by atoms with van der Waals surface area (Å²) in [4.78, 5) is 0. The largest absolute Gasteiger partial charge is 0.125 e. The maximum atomic E-state index is 5.33. The van der Waals surface area contributed by atoms with E-state index in [0.29, 0.717) is 5.88 Å². The second kappa shape index (κ2) is 6.29. The summed E-state index contributed by atoms with van der Waals surface area (Å²) in [6.07, 6.45) is 0. The number of hydrogen-bond acceptors (Lipinski definition) is 0. The number of alkyl halides is 2. The molecule has 1 unspecified atom stereocenters. The SMILES string of the molecule is CC(Cl)CCl.[Ti]. The fourth-order valence-electron chi connectivity index (χ4n) is 0. The molecule has 0 amide bonds. The minimum Gasteiger partial charge on any atom is -0.125 e. The van der Waals surface area contributed by atoms with Gasteiger partial charge in [-0.15, -0.1) is 23.2 Å². The molecule has 3 heteroatoms. The molecule has 0 aliphatic carbocycles. The first-order valence-electron chi connectivity index (χ1n) is 1.47. The van der Waals surface area contributed by atoms with Crippen LogP contribution in [0.3, 0.4) is 0 Å². The molecule has 0 aliphatic rings. The Balaban J connectivity index is 0. The molecule has 0 radical (unpaired) electrons. The predicted molar refractivity (Wildman–Crippen MR) is 26.0 cm³/mol. The van der Waals surface area contributed by atoms with Crippen LogP contribution in [0.1, 0.15) is 6.92 Å². The van der Waals surface area contributed by atoms with Crippen LogP contribution in [0.2, 0.25) is 0 Å². The van der Waals surface area contributed by atoms with Gasteiger partial charge in [0.15, 0.2) is 0 Å². The first-order chi connectivity index (χ1) is 2.27. The van der Waals surface area contributed by atoms with Crippen LogP contribution in [0.15, 0.2) is 0 Å². The van der Waals surface area contributed by atoms with Gasteiger partial charge in [0.05, 0.1) is 0 Å². The second-order valence-electron chi connectivity index (χ2n) is 0.935. The summed E-state index contributed by atoms with van der Waals surface area (Å²) in [7, 11) is 0. The van der Waals surface area contributed by atoms with Crippen LogP contribution in [0, 0.1) is 0 Å². The minimum atomic E-state index is 0. The molecule has 0 aliphatic heterocycles. The van der Waals surface area contributed by atoms with Crippen LogP contribution in [-0.4, -0.2) is 11.3 Å². The Kier molecular flexibility index (Phi) is 10.8. The molecule has 1 atom stereocenters. The molecule has 0 heterocycles. The Morgan fingerprint density at radius 1 is 1.67 bits per heavy atom. The summed E-state index contributed by atoms with van der Waals surface area (Å²) in [6.45, 7) is 1.86. The Hall–Kier alpha value is 1.29. The van der Waals surface area contributed by atoms with E-state index in [9.17, 15) is 0 Å². The van der Waals surface area contributed by atoms with Gasteiger partial charge in [0.1, 0.15) is 0 Å². The normalized spacial score (nSPS) is 12.5. The topological polar surface area (TPSA) is 0 Å². The third-order valence-corrected chi connectivity index (χ3v) is 0.988. The maximum absolute atomic E-state index is 5.33. The van der Waals surface area contributed by atoms with E-state index in [1.807, 2.05) is 6.92 Å². The fourth-order valence-corrected chi connectivity index (χ4v) is 0. The standard InChI is InChI=1S/C3H6Cl2.Ti/c1-3(5)2-4;/h3H,2H2,1H3;. The van der Waals surface area contributed by atoms with Gasteiger partial charge in [0, 0.05) is 33.0 Å². The van der Waals surface area contributed by atoms with E-state index in [0.717, 1.165) is 0 Å². The van der Waals surface area contributed by atoms with Crippen molar-refractivity contribution in [3.05, 3.63) is 0 Å². The second-order valence-corrected chi connectivity index (χ2v) is 1.99. The van der Waals surface area contributed by atoms with Crippen molar-refractivity contribution in [1.29, 1.82) is 0 Å². The van der Waals surface area contributed by atoms with Gasteiger partial charge in [0.25, 0.3) is 0 Å². The van der Waals surface area contributed by atoms with Gasteiger partial charge in [-0.1, -0.05) is 0 Å². The predicted octanol–water partition coefficient (Wildman–Crippen LogP) is 1.85. The molecule has 0 aromatic heterocycles. The van der Waals surface area contributed by atoms with E-state index in [4.69, 9.17) is 23.2 Å². The van der Waals surface area contributed by atoms with Gasteiger partial charge in [-0.25, -0.2) is 0 Å². The summed E-state index contributed by atoms with van der Waals surface area (Å²) in [6, 6.07) is 0. The third-order valence-electron chi connectivity index (χ3n) is 0.213. The molecule has 0 rings (SSSR count). The van der Waals surface area contributed by atoms with E-state index >= 15 is 0 Å². The monoisotopic (exact) mass is 160 g/mol. The molecule has 36 valence electrons. The van der Waals surface area contributed by atoms with Gasteiger partial charge >= 0.3 is 0 Å². The Labute approximate surface area is 63.1 Å². The van der Waals surface area contributed by atoms with Crippen molar-refractivity contribution in [1.82, 2.24) is 0 Å². The molecule has 6 heavy (non-hydrogen) atoms. The van der Waals surface area contributed by atoms with Crippen LogP contribution in [0.4, 0.5) is 0 Å². The molecule has 0 aromatic carbocycles. The molecule has 0 N–H and O–H groups in total. The first kappa shape index (κ1) is 10.3. The average molecular weight is 161 g/mol. The van der Waals surface area contributed by atoms with Crippen molar-refractivity contribution < 1.29 is 21.7 Å². The zero-order chi connectivity index (χ0) is 4.28. The number of halogens is 2. The van der Waals surface area contributed by atoms with E-state index < -0.39 is 0 Å². The van der Waals surface area contributed by atoms with Gasteiger partial charge < -0.3 is 0 Å². The summed E-state index contributed by atoms with van der Waals surface area (Å²) in [5, 5.41) is 0.122. The van der Waals surface area contributed by atoms with Crippen LogP contribution < -0.4 is 0 Å². The van der Waals surface area contributed by atoms with Gasteiger partial charge in [-0.2, -0.15) is 0 Å². The van der Waals surface area contributed by atoms with Crippen LogP contribution in [-0.2, 0) is 21.7 Å². The maximum Gasteiger partial charge on any atom is 0.0443 e. The van der Waals surface area contributed by atoms with E-state index in [-0.39, 0.29) is 27.1 Å². The van der Waals surface area contributed by atoms with Crippen molar-refractivity contribution >= 4 is 23.2 Å².